The molecule has 1 aromatic rings. The minimum absolute atomic E-state index is 0.00360. The van der Waals surface area contributed by atoms with Gasteiger partial charge in [-0.3, -0.25) is 0 Å². The number of halogens is 2. The van der Waals surface area contributed by atoms with Gasteiger partial charge in [-0.05, 0) is 19.4 Å². The number of rotatable bonds is 6. The fraction of sp³-hybridized carbons (Fsp3) is 0.286. The highest BCUT2D eigenvalue weighted by atomic mass is 35.5. The summed E-state index contributed by atoms with van der Waals surface area (Å²) in [5.74, 6) is -0.620. The highest BCUT2D eigenvalue weighted by molar-refractivity contribution is 6.30. The van der Waals surface area contributed by atoms with E-state index in [1.165, 1.54) is 0 Å². The molecule has 1 atom stereocenters. The molecule has 20 heavy (non-hydrogen) atoms. The molecule has 0 aliphatic heterocycles. The Morgan fingerprint density at radius 3 is 2.95 bits per heavy atom. The number of aromatic nitrogens is 1. The fourth-order valence-corrected chi connectivity index (χ4v) is 1.67. The average molecular weight is 295 g/mol. The second-order valence-electron chi connectivity index (χ2n) is 4.04. The lowest BCUT2D eigenvalue weighted by Crippen LogP contribution is -2.29. The lowest BCUT2D eigenvalue weighted by molar-refractivity contribution is 0.616. The van der Waals surface area contributed by atoms with Crippen LogP contribution in [0.4, 0.5) is 10.2 Å². The highest BCUT2D eigenvalue weighted by Crippen LogP contribution is 2.20. The minimum Gasteiger partial charge on any atom is -0.363 e. The standard InChI is InChI=1S/C14H16ClFN4/c1-2-3-4-5-6-11(9-18)19-14-12(16)7-10(8-17)13(15)20-14/h2-5,7,11H,6,9,18H2,1H3,(H,19,20)/b3-2-,5-4-/t11-/m1/s1. The number of hydrogen-bond acceptors (Lipinski definition) is 4. The summed E-state index contributed by atoms with van der Waals surface area (Å²) in [6, 6.07) is 2.67. The van der Waals surface area contributed by atoms with Crippen LogP contribution in [0.15, 0.2) is 30.4 Å². The Balaban J connectivity index is 2.80. The molecule has 1 aromatic heterocycles. The molecule has 6 heteroatoms. The predicted molar refractivity (Wildman–Crippen MR) is 79.0 cm³/mol. The molecule has 0 aromatic carbocycles. The lowest BCUT2D eigenvalue weighted by atomic mass is 10.2. The molecule has 1 rings (SSSR count). The van der Waals surface area contributed by atoms with Crippen LogP contribution in [0.3, 0.4) is 0 Å². The molecule has 0 bridgehead atoms. The zero-order chi connectivity index (χ0) is 15.0. The first-order valence-electron chi connectivity index (χ1n) is 6.13. The molecular formula is C14H16ClFN4. The third-order valence-electron chi connectivity index (χ3n) is 2.54. The Hall–Kier alpha value is -1.90. The van der Waals surface area contributed by atoms with Crippen molar-refractivity contribution in [2.45, 2.75) is 19.4 Å². The van der Waals surface area contributed by atoms with Crippen LogP contribution in [0.2, 0.25) is 5.15 Å². The van der Waals surface area contributed by atoms with Crippen molar-refractivity contribution in [3.63, 3.8) is 0 Å². The van der Waals surface area contributed by atoms with Crippen LogP contribution in [-0.4, -0.2) is 17.6 Å². The molecule has 0 saturated heterocycles. The van der Waals surface area contributed by atoms with E-state index in [0.29, 0.717) is 13.0 Å². The van der Waals surface area contributed by atoms with Crippen molar-refractivity contribution in [1.82, 2.24) is 4.98 Å². The highest BCUT2D eigenvalue weighted by Gasteiger charge is 2.13. The zero-order valence-corrected chi connectivity index (χ0v) is 11.9. The summed E-state index contributed by atoms with van der Waals surface area (Å²) in [7, 11) is 0. The summed E-state index contributed by atoms with van der Waals surface area (Å²) in [6.07, 6.45) is 8.24. The Morgan fingerprint density at radius 1 is 1.60 bits per heavy atom. The van der Waals surface area contributed by atoms with Gasteiger partial charge in [-0.2, -0.15) is 5.26 Å². The van der Waals surface area contributed by atoms with E-state index in [9.17, 15) is 4.39 Å². The van der Waals surface area contributed by atoms with Gasteiger partial charge in [0.05, 0.1) is 5.56 Å². The maximum Gasteiger partial charge on any atom is 0.166 e. The fourth-order valence-electron chi connectivity index (χ4n) is 1.49. The van der Waals surface area contributed by atoms with Gasteiger partial charge in [-0.1, -0.05) is 35.9 Å². The van der Waals surface area contributed by atoms with Crippen LogP contribution < -0.4 is 11.1 Å². The van der Waals surface area contributed by atoms with E-state index >= 15 is 0 Å². The third-order valence-corrected chi connectivity index (χ3v) is 2.82. The summed E-state index contributed by atoms with van der Waals surface area (Å²) in [4.78, 5) is 3.84. The number of nitriles is 1. The van der Waals surface area contributed by atoms with Crippen molar-refractivity contribution >= 4 is 17.4 Å². The van der Waals surface area contributed by atoms with Gasteiger partial charge in [0.1, 0.15) is 11.2 Å². The van der Waals surface area contributed by atoms with Gasteiger partial charge in [0.25, 0.3) is 0 Å². The van der Waals surface area contributed by atoms with E-state index in [1.54, 1.807) is 6.07 Å². The van der Waals surface area contributed by atoms with E-state index in [-0.39, 0.29) is 22.6 Å². The van der Waals surface area contributed by atoms with E-state index < -0.39 is 5.82 Å². The summed E-state index contributed by atoms with van der Waals surface area (Å²) < 4.78 is 13.8. The zero-order valence-electron chi connectivity index (χ0n) is 11.1. The molecule has 0 saturated carbocycles. The first-order valence-corrected chi connectivity index (χ1v) is 6.50. The number of nitrogens with two attached hydrogens (primary N) is 1. The van der Waals surface area contributed by atoms with Crippen LogP contribution in [0.5, 0.6) is 0 Å². The van der Waals surface area contributed by atoms with Gasteiger partial charge in [-0.15, -0.1) is 0 Å². The quantitative estimate of drug-likeness (QED) is 0.625. The van der Waals surface area contributed by atoms with Gasteiger partial charge >= 0.3 is 0 Å². The molecular weight excluding hydrogens is 279 g/mol. The maximum absolute atomic E-state index is 13.8. The molecule has 0 aliphatic carbocycles. The van der Waals surface area contributed by atoms with Crippen LogP contribution in [-0.2, 0) is 0 Å². The third kappa shape index (κ3) is 4.65. The molecule has 0 amide bonds. The topological polar surface area (TPSA) is 74.7 Å². The van der Waals surface area contributed by atoms with E-state index in [4.69, 9.17) is 22.6 Å². The van der Waals surface area contributed by atoms with Gasteiger partial charge in [-0.25, -0.2) is 9.37 Å². The second kappa shape index (κ2) is 8.31. The summed E-state index contributed by atoms with van der Waals surface area (Å²) >= 11 is 5.78. The van der Waals surface area contributed by atoms with Crippen molar-refractivity contribution in [2.75, 3.05) is 11.9 Å². The van der Waals surface area contributed by atoms with E-state index in [2.05, 4.69) is 10.3 Å². The summed E-state index contributed by atoms with van der Waals surface area (Å²) in [5.41, 5.74) is 5.64. The van der Waals surface area contributed by atoms with Gasteiger partial charge in [0.2, 0.25) is 0 Å². The SMILES string of the molecule is C/C=C\C=C/C[C@H](CN)Nc1nc(Cl)c(C#N)cc1F. The van der Waals surface area contributed by atoms with E-state index in [0.717, 1.165) is 6.07 Å². The summed E-state index contributed by atoms with van der Waals surface area (Å²) in [5, 5.41) is 11.6. The number of hydrogen-bond donors (Lipinski definition) is 2. The van der Waals surface area contributed by atoms with Crippen molar-refractivity contribution in [3.05, 3.63) is 46.9 Å². The summed E-state index contributed by atoms with van der Waals surface area (Å²) in [6.45, 7) is 2.24. The van der Waals surface area contributed by atoms with Crippen LogP contribution in [0.25, 0.3) is 0 Å². The largest absolute Gasteiger partial charge is 0.363 e. The molecule has 0 spiro atoms. The van der Waals surface area contributed by atoms with Crippen LogP contribution >= 0.6 is 11.6 Å². The molecule has 0 unspecified atom stereocenters. The molecule has 0 fully saturated rings. The first-order chi connectivity index (χ1) is 9.62. The Kier molecular flexibility index (Phi) is 6.71. The monoisotopic (exact) mass is 294 g/mol. The van der Waals surface area contributed by atoms with Gasteiger partial charge in [0.15, 0.2) is 11.6 Å². The molecule has 3 N–H and O–H groups in total. The molecule has 106 valence electrons. The molecule has 0 radical (unpaired) electrons. The Morgan fingerprint density at radius 2 is 2.35 bits per heavy atom. The molecule has 1 heterocycles. The second-order valence-corrected chi connectivity index (χ2v) is 4.39. The Labute approximate surface area is 122 Å². The van der Waals surface area contributed by atoms with Crippen molar-refractivity contribution < 1.29 is 4.39 Å². The predicted octanol–water partition coefficient (Wildman–Crippen LogP) is 3.01. The Bertz CT molecular complexity index is 549. The smallest absolute Gasteiger partial charge is 0.166 e. The first kappa shape index (κ1) is 16.2. The maximum atomic E-state index is 13.8. The number of nitrogens with zero attached hydrogens (tertiary/aromatic N) is 2. The average Bonchev–Trinajstić information content (AvgIpc) is 2.45. The minimum atomic E-state index is -0.623. The van der Waals surface area contributed by atoms with Crippen molar-refractivity contribution in [3.8, 4) is 6.07 Å². The lowest BCUT2D eigenvalue weighted by Gasteiger charge is -2.16. The number of nitrogens with one attached hydrogen (secondary N) is 1. The van der Waals surface area contributed by atoms with Crippen molar-refractivity contribution in [2.24, 2.45) is 5.73 Å². The normalized spacial score (nSPS) is 12.8. The number of anilines is 1. The van der Waals surface area contributed by atoms with E-state index in [1.807, 2.05) is 31.2 Å². The number of pyridine rings is 1. The van der Waals surface area contributed by atoms with Crippen LogP contribution in [0.1, 0.15) is 18.9 Å². The molecule has 4 nitrogen and oxygen atoms in total. The van der Waals surface area contributed by atoms with Gasteiger partial charge in [0, 0.05) is 12.6 Å². The van der Waals surface area contributed by atoms with Crippen molar-refractivity contribution in [1.29, 1.82) is 5.26 Å². The number of allylic oxidation sites excluding steroid dienone is 3. The molecule has 0 aliphatic rings. The van der Waals surface area contributed by atoms with Crippen LogP contribution in [0, 0.1) is 17.1 Å². The van der Waals surface area contributed by atoms with Gasteiger partial charge < -0.3 is 11.1 Å².